The molecule has 0 spiro atoms. The Morgan fingerprint density at radius 2 is 2.39 bits per heavy atom. The first kappa shape index (κ1) is 11.8. The number of nitrogens with one attached hydrogen (secondary N) is 1. The zero-order valence-electron chi connectivity index (χ0n) is 9.25. The average molecular weight is 243 g/mol. The Labute approximate surface area is 103 Å². The van der Waals surface area contributed by atoms with Crippen molar-refractivity contribution in [2.45, 2.75) is 0 Å². The summed E-state index contributed by atoms with van der Waals surface area (Å²) in [7, 11) is 0. The van der Waals surface area contributed by atoms with E-state index in [1.807, 2.05) is 0 Å². The number of aromatic nitrogens is 2. The number of aliphatic hydroxyl groups is 1. The van der Waals surface area contributed by atoms with Crippen LogP contribution in [0.25, 0.3) is 0 Å². The van der Waals surface area contributed by atoms with E-state index in [0.29, 0.717) is 16.9 Å². The molecule has 90 valence electrons. The molecule has 6 nitrogen and oxygen atoms in total. The molecular formula is C12H9N3O3. The summed E-state index contributed by atoms with van der Waals surface area (Å²) in [4.78, 5) is 15.7. The molecule has 0 saturated heterocycles. The summed E-state index contributed by atoms with van der Waals surface area (Å²) in [6, 6.07) is 3.10. The van der Waals surface area contributed by atoms with Gasteiger partial charge in [-0.15, -0.1) is 0 Å². The van der Waals surface area contributed by atoms with Crippen molar-refractivity contribution in [3.63, 3.8) is 0 Å². The van der Waals surface area contributed by atoms with Crippen LogP contribution in [0.15, 0.2) is 35.3 Å². The second kappa shape index (κ2) is 5.61. The number of anilines is 1. The Morgan fingerprint density at radius 3 is 3.11 bits per heavy atom. The summed E-state index contributed by atoms with van der Waals surface area (Å²) in [5.74, 6) is 5.12. The Bertz CT molecular complexity index is 597. The van der Waals surface area contributed by atoms with Gasteiger partial charge in [0, 0.05) is 24.0 Å². The van der Waals surface area contributed by atoms with E-state index in [-0.39, 0.29) is 12.5 Å². The highest BCUT2D eigenvalue weighted by Crippen LogP contribution is 2.06. The number of carbonyl (C=O) groups is 1. The van der Waals surface area contributed by atoms with Crippen LogP contribution in [0.5, 0.6) is 0 Å². The van der Waals surface area contributed by atoms with Gasteiger partial charge in [0.15, 0.2) is 5.82 Å². The molecule has 2 heterocycles. The first-order chi connectivity index (χ1) is 8.79. The number of rotatable bonds is 2. The van der Waals surface area contributed by atoms with Crippen molar-refractivity contribution in [3.05, 3.63) is 41.9 Å². The molecule has 1 amide bonds. The van der Waals surface area contributed by atoms with Crippen LogP contribution < -0.4 is 5.32 Å². The van der Waals surface area contributed by atoms with Crippen LogP contribution >= 0.6 is 0 Å². The normalized spacial score (nSPS) is 9.39. The minimum absolute atomic E-state index is 0.241. The van der Waals surface area contributed by atoms with Gasteiger partial charge in [-0.2, -0.15) is 0 Å². The molecule has 0 unspecified atom stereocenters. The molecule has 0 aliphatic carbocycles. The van der Waals surface area contributed by atoms with Crippen molar-refractivity contribution >= 4 is 11.7 Å². The van der Waals surface area contributed by atoms with E-state index in [2.05, 4.69) is 31.8 Å². The van der Waals surface area contributed by atoms with Gasteiger partial charge in [0.1, 0.15) is 12.9 Å². The monoisotopic (exact) mass is 243 g/mol. The number of pyridine rings is 1. The van der Waals surface area contributed by atoms with Crippen molar-refractivity contribution in [2.75, 3.05) is 11.9 Å². The molecule has 0 aliphatic heterocycles. The van der Waals surface area contributed by atoms with Crippen molar-refractivity contribution < 1.29 is 14.4 Å². The van der Waals surface area contributed by atoms with E-state index < -0.39 is 0 Å². The van der Waals surface area contributed by atoms with Crippen LogP contribution in [0.3, 0.4) is 0 Å². The summed E-state index contributed by atoms with van der Waals surface area (Å²) in [5.41, 5.74) is 0.902. The van der Waals surface area contributed by atoms with Gasteiger partial charge in [-0.25, -0.2) is 0 Å². The van der Waals surface area contributed by atoms with Gasteiger partial charge in [0.2, 0.25) is 0 Å². The highest BCUT2D eigenvalue weighted by molar-refractivity contribution is 6.03. The molecule has 2 aromatic heterocycles. The van der Waals surface area contributed by atoms with Gasteiger partial charge < -0.3 is 14.9 Å². The summed E-state index contributed by atoms with van der Waals surface area (Å²) in [5, 5.41) is 14.7. The van der Waals surface area contributed by atoms with Gasteiger partial charge >= 0.3 is 0 Å². The van der Waals surface area contributed by atoms with E-state index in [4.69, 9.17) is 5.11 Å². The maximum atomic E-state index is 11.8. The largest absolute Gasteiger partial charge is 0.384 e. The molecule has 2 N–H and O–H groups in total. The molecule has 6 heteroatoms. The predicted octanol–water partition coefficient (Wildman–Crippen LogP) is 0.666. The van der Waals surface area contributed by atoms with E-state index in [0.717, 1.165) is 0 Å². The fraction of sp³-hybridized carbons (Fsp3) is 0.0833. The third-order valence-electron chi connectivity index (χ3n) is 1.99. The summed E-state index contributed by atoms with van der Waals surface area (Å²) in [6.45, 7) is -0.241. The number of nitrogens with zero attached hydrogens (tertiary/aromatic N) is 2. The SMILES string of the molecule is O=C(Nc1ccon1)c1cncc(C#CCO)c1. The van der Waals surface area contributed by atoms with Crippen molar-refractivity contribution in [1.29, 1.82) is 0 Å². The maximum Gasteiger partial charge on any atom is 0.258 e. The van der Waals surface area contributed by atoms with Crippen LogP contribution in [0.2, 0.25) is 0 Å². The Kier molecular flexibility index (Phi) is 3.69. The molecule has 0 saturated carbocycles. The lowest BCUT2D eigenvalue weighted by atomic mass is 10.2. The van der Waals surface area contributed by atoms with Gasteiger partial charge in [0.05, 0.1) is 5.56 Å². The maximum absolute atomic E-state index is 11.8. The van der Waals surface area contributed by atoms with Gasteiger partial charge in [0.25, 0.3) is 5.91 Å². The van der Waals surface area contributed by atoms with Crippen molar-refractivity contribution in [2.24, 2.45) is 0 Å². The Morgan fingerprint density at radius 1 is 1.50 bits per heavy atom. The number of carbonyl (C=O) groups excluding carboxylic acids is 1. The summed E-state index contributed by atoms with van der Waals surface area (Å²) in [6.07, 6.45) is 4.28. The van der Waals surface area contributed by atoms with Crippen LogP contribution in [-0.4, -0.2) is 27.8 Å². The molecule has 2 aromatic rings. The lowest BCUT2D eigenvalue weighted by Crippen LogP contribution is -2.12. The summed E-state index contributed by atoms with van der Waals surface area (Å²) < 4.78 is 4.60. The molecule has 0 fully saturated rings. The highest BCUT2D eigenvalue weighted by Gasteiger charge is 2.08. The lowest BCUT2D eigenvalue weighted by Gasteiger charge is -2.00. The zero-order chi connectivity index (χ0) is 12.8. The molecule has 0 aromatic carbocycles. The standard InChI is InChI=1S/C12H9N3O3/c16-4-1-2-9-6-10(8-13-7-9)12(17)14-11-3-5-18-15-11/h3,5-8,16H,4H2,(H,14,15,17). The fourth-order valence-corrected chi connectivity index (χ4v) is 1.24. The smallest absolute Gasteiger partial charge is 0.258 e. The first-order valence-electron chi connectivity index (χ1n) is 5.06. The van der Waals surface area contributed by atoms with Gasteiger partial charge in [-0.3, -0.25) is 9.78 Å². The quantitative estimate of drug-likeness (QED) is 0.757. The Balaban J connectivity index is 2.15. The average Bonchev–Trinajstić information content (AvgIpc) is 2.89. The van der Waals surface area contributed by atoms with Gasteiger partial charge in [-0.1, -0.05) is 17.0 Å². The number of hydrogen-bond donors (Lipinski definition) is 2. The first-order valence-corrected chi connectivity index (χ1v) is 5.06. The third-order valence-corrected chi connectivity index (χ3v) is 1.99. The summed E-state index contributed by atoms with van der Waals surface area (Å²) >= 11 is 0. The molecule has 0 radical (unpaired) electrons. The van der Waals surface area contributed by atoms with E-state index in [1.54, 1.807) is 6.07 Å². The second-order valence-electron chi connectivity index (χ2n) is 3.26. The number of amides is 1. The molecule has 0 bridgehead atoms. The molecule has 2 rings (SSSR count). The highest BCUT2D eigenvalue weighted by atomic mass is 16.5. The predicted molar refractivity (Wildman–Crippen MR) is 62.7 cm³/mol. The minimum atomic E-state index is -0.357. The van der Waals surface area contributed by atoms with Crippen LogP contribution in [0, 0.1) is 11.8 Å². The second-order valence-corrected chi connectivity index (χ2v) is 3.26. The topological polar surface area (TPSA) is 88.3 Å². The molecule has 18 heavy (non-hydrogen) atoms. The minimum Gasteiger partial charge on any atom is -0.384 e. The molecule has 0 atom stereocenters. The number of aliphatic hydroxyl groups excluding tert-OH is 1. The van der Waals surface area contributed by atoms with Gasteiger partial charge in [-0.05, 0) is 6.07 Å². The molecule has 0 aliphatic rings. The number of hydrogen-bond acceptors (Lipinski definition) is 5. The van der Waals surface area contributed by atoms with E-state index in [9.17, 15) is 4.79 Å². The third kappa shape index (κ3) is 2.93. The van der Waals surface area contributed by atoms with E-state index in [1.165, 1.54) is 24.7 Å². The van der Waals surface area contributed by atoms with Crippen LogP contribution in [0.4, 0.5) is 5.82 Å². The van der Waals surface area contributed by atoms with Crippen LogP contribution in [-0.2, 0) is 0 Å². The van der Waals surface area contributed by atoms with Crippen molar-refractivity contribution in [3.8, 4) is 11.8 Å². The van der Waals surface area contributed by atoms with Crippen molar-refractivity contribution in [1.82, 2.24) is 10.1 Å². The zero-order valence-corrected chi connectivity index (χ0v) is 9.25. The Hall–Kier alpha value is -2.65. The lowest BCUT2D eigenvalue weighted by molar-refractivity contribution is 0.102. The molecular weight excluding hydrogens is 234 g/mol. The fourth-order valence-electron chi connectivity index (χ4n) is 1.24. The van der Waals surface area contributed by atoms with Crippen LogP contribution in [0.1, 0.15) is 15.9 Å². The van der Waals surface area contributed by atoms with E-state index >= 15 is 0 Å².